The molecule has 7 heteroatoms. The van der Waals surface area contributed by atoms with Crippen LogP contribution >= 0.6 is 0 Å². The zero-order chi connectivity index (χ0) is 18.4. The number of nitrogens with zero attached hydrogens (tertiary/aromatic N) is 2. The molecular formula is C18H18N2O4S. The average molecular weight is 358 g/mol. The minimum absolute atomic E-state index is 0.0227. The molecule has 6 nitrogen and oxygen atoms in total. The van der Waals surface area contributed by atoms with E-state index in [1.807, 2.05) is 26.0 Å². The van der Waals surface area contributed by atoms with Crippen molar-refractivity contribution in [2.24, 2.45) is 5.18 Å². The third kappa shape index (κ3) is 3.02. The Hall–Kier alpha value is -2.67. The van der Waals surface area contributed by atoms with Crippen LogP contribution in [-0.4, -0.2) is 24.3 Å². The van der Waals surface area contributed by atoms with E-state index in [-0.39, 0.29) is 16.5 Å². The van der Waals surface area contributed by atoms with Crippen molar-refractivity contribution in [3.8, 4) is 5.88 Å². The van der Waals surface area contributed by atoms with Crippen LogP contribution in [0.4, 0.5) is 5.69 Å². The van der Waals surface area contributed by atoms with Crippen LogP contribution in [0.2, 0.25) is 0 Å². The minimum atomic E-state index is -3.26. The van der Waals surface area contributed by atoms with E-state index in [1.54, 1.807) is 16.7 Å². The van der Waals surface area contributed by atoms with Crippen molar-refractivity contribution in [2.45, 2.75) is 25.3 Å². The summed E-state index contributed by atoms with van der Waals surface area (Å²) in [5, 5.41) is 14.0. The molecule has 0 saturated heterocycles. The predicted octanol–water partition coefficient (Wildman–Crippen LogP) is 3.81. The Labute approximate surface area is 145 Å². The third-order valence-electron chi connectivity index (χ3n) is 4.22. The Morgan fingerprint density at radius 2 is 1.76 bits per heavy atom. The monoisotopic (exact) mass is 358 g/mol. The lowest BCUT2D eigenvalue weighted by atomic mass is 10.1. The summed E-state index contributed by atoms with van der Waals surface area (Å²) >= 11 is 0. The summed E-state index contributed by atoms with van der Waals surface area (Å²) in [7, 11) is -3.26. The summed E-state index contributed by atoms with van der Waals surface area (Å²) < 4.78 is 24.7. The van der Waals surface area contributed by atoms with E-state index in [0.29, 0.717) is 11.9 Å². The van der Waals surface area contributed by atoms with Gasteiger partial charge in [-0.25, -0.2) is 8.42 Å². The summed E-state index contributed by atoms with van der Waals surface area (Å²) in [6, 6.07) is 10.2. The molecule has 0 saturated carbocycles. The summed E-state index contributed by atoms with van der Waals surface area (Å²) in [5.74, 6) is -0.189. The van der Waals surface area contributed by atoms with Crippen LogP contribution < -0.4 is 0 Å². The topological polar surface area (TPSA) is 88.7 Å². The number of fused-ring (bicyclic) bond motifs is 1. The molecule has 1 heterocycles. The maximum atomic E-state index is 11.6. The number of sulfone groups is 1. The molecule has 130 valence electrons. The number of aryl methyl sites for hydroxylation is 2. The Bertz CT molecular complexity index is 1080. The zero-order valence-corrected chi connectivity index (χ0v) is 15.0. The number of hydrogen-bond donors (Lipinski definition) is 1. The fourth-order valence-electron chi connectivity index (χ4n) is 3.12. The van der Waals surface area contributed by atoms with Gasteiger partial charge in [0.15, 0.2) is 15.5 Å². The van der Waals surface area contributed by atoms with Crippen LogP contribution in [-0.2, 0) is 16.4 Å². The van der Waals surface area contributed by atoms with Gasteiger partial charge in [-0.3, -0.25) is 0 Å². The fraction of sp³-hybridized carbons (Fsp3) is 0.222. The summed E-state index contributed by atoms with van der Waals surface area (Å²) in [5.41, 5.74) is 3.47. The number of aromatic hydroxyl groups is 1. The van der Waals surface area contributed by atoms with Crippen molar-refractivity contribution in [2.75, 3.05) is 6.26 Å². The normalized spacial score (nSPS) is 11.8. The van der Waals surface area contributed by atoms with E-state index < -0.39 is 9.84 Å². The second kappa shape index (κ2) is 6.00. The number of rotatable bonds is 4. The fourth-order valence-corrected chi connectivity index (χ4v) is 3.75. The number of aromatic nitrogens is 1. The van der Waals surface area contributed by atoms with Gasteiger partial charge in [0, 0.05) is 11.6 Å². The average Bonchev–Trinajstić information content (AvgIpc) is 2.78. The predicted molar refractivity (Wildman–Crippen MR) is 97.2 cm³/mol. The highest BCUT2D eigenvalue weighted by molar-refractivity contribution is 7.90. The molecule has 0 spiro atoms. The van der Waals surface area contributed by atoms with Crippen LogP contribution in [0.5, 0.6) is 5.88 Å². The van der Waals surface area contributed by atoms with E-state index in [1.165, 1.54) is 12.1 Å². The molecule has 0 bridgehead atoms. The lowest BCUT2D eigenvalue weighted by molar-refractivity contribution is 0.430. The van der Waals surface area contributed by atoms with E-state index in [0.717, 1.165) is 28.5 Å². The molecule has 1 aromatic heterocycles. The van der Waals surface area contributed by atoms with Gasteiger partial charge in [-0.05, 0) is 48.4 Å². The first-order valence-electron chi connectivity index (χ1n) is 7.67. The molecule has 0 amide bonds. The third-order valence-corrected chi connectivity index (χ3v) is 5.35. The second-order valence-corrected chi connectivity index (χ2v) is 8.26. The van der Waals surface area contributed by atoms with Crippen LogP contribution in [0.1, 0.15) is 16.7 Å². The first-order valence-corrected chi connectivity index (χ1v) is 9.56. The molecule has 0 radical (unpaired) electrons. The summed E-state index contributed by atoms with van der Waals surface area (Å²) in [6.07, 6.45) is 1.15. The molecule has 0 aliphatic rings. The quantitative estimate of drug-likeness (QED) is 0.718. The Morgan fingerprint density at radius 3 is 2.32 bits per heavy atom. The standard InChI is InChI=1S/C18H18N2O4S/c1-11-8-12(2)17-15(9-11)16(19-22)18(21)20(17)10-13-4-6-14(7-5-13)25(3,23)24/h4-9,21H,10H2,1-3H3. The highest BCUT2D eigenvalue weighted by Gasteiger charge is 2.19. The van der Waals surface area contributed by atoms with Crippen LogP contribution in [0.25, 0.3) is 10.9 Å². The lowest BCUT2D eigenvalue weighted by Gasteiger charge is -2.10. The van der Waals surface area contributed by atoms with Crippen molar-refractivity contribution in [3.63, 3.8) is 0 Å². The van der Waals surface area contributed by atoms with E-state index in [4.69, 9.17) is 0 Å². The molecule has 0 aliphatic carbocycles. The molecule has 3 rings (SSSR count). The minimum Gasteiger partial charge on any atom is -0.493 e. The first kappa shape index (κ1) is 17.2. The maximum absolute atomic E-state index is 11.6. The van der Waals surface area contributed by atoms with Crippen molar-refractivity contribution < 1.29 is 13.5 Å². The van der Waals surface area contributed by atoms with Gasteiger partial charge < -0.3 is 9.67 Å². The summed E-state index contributed by atoms with van der Waals surface area (Å²) in [6.45, 7) is 4.12. The Morgan fingerprint density at radius 1 is 1.12 bits per heavy atom. The van der Waals surface area contributed by atoms with Gasteiger partial charge in [-0.1, -0.05) is 23.8 Å². The van der Waals surface area contributed by atoms with Gasteiger partial charge in [-0.2, -0.15) is 0 Å². The van der Waals surface area contributed by atoms with Crippen molar-refractivity contribution in [1.29, 1.82) is 0 Å². The van der Waals surface area contributed by atoms with Crippen molar-refractivity contribution in [3.05, 3.63) is 58.0 Å². The molecule has 25 heavy (non-hydrogen) atoms. The van der Waals surface area contributed by atoms with Crippen LogP contribution in [0.15, 0.2) is 46.5 Å². The number of hydrogen-bond acceptors (Lipinski definition) is 5. The Balaban J connectivity index is 2.13. The maximum Gasteiger partial charge on any atom is 0.222 e. The van der Waals surface area contributed by atoms with E-state index in [9.17, 15) is 18.4 Å². The molecule has 0 fully saturated rings. The SMILES string of the molecule is Cc1cc(C)c2c(c1)c(N=O)c(O)n2Cc1ccc(S(C)(=O)=O)cc1. The van der Waals surface area contributed by atoms with Gasteiger partial charge in [0.1, 0.15) is 0 Å². The number of nitroso groups, excluding NO2 is 1. The molecule has 3 aromatic rings. The largest absolute Gasteiger partial charge is 0.493 e. The summed E-state index contributed by atoms with van der Waals surface area (Å²) in [4.78, 5) is 11.4. The van der Waals surface area contributed by atoms with Gasteiger partial charge in [0.2, 0.25) is 5.88 Å². The molecule has 0 unspecified atom stereocenters. The molecule has 1 N–H and O–H groups in total. The molecule has 0 aliphatic heterocycles. The Kier molecular flexibility index (Phi) is 4.12. The highest BCUT2D eigenvalue weighted by Crippen LogP contribution is 2.40. The van der Waals surface area contributed by atoms with Gasteiger partial charge in [0.05, 0.1) is 17.0 Å². The molecular weight excluding hydrogens is 340 g/mol. The van der Waals surface area contributed by atoms with Gasteiger partial charge in [-0.15, -0.1) is 4.91 Å². The lowest BCUT2D eigenvalue weighted by Crippen LogP contribution is -2.02. The smallest absolute Gasteiger partial charge is 0.222 e. The van der Waals surface area contributed by atoms with Gasteiger partial charge >= 0.3 is 0 Å². The van der Waals surface area contributed by atoms with Crippen molar-refractivity contribution in [1.82, 2.24) is 4.57 Å². The highest BCUT2D eigenvalue weighted by atomic mass is 32.2. The van der Waals surface area contributed by atoms with Crippen LogP contribution in [0.3, 0.4) is 0 Å². The number of benzene rings is 2. The van der Waals surface area contributed by atoms with Gasteiger partial charge in [0.25, 0.3) is 0 Å². The van der Waals surface area contributed by atoms with Crippen LogP contribution in [0, 0.1) is 18.8 Å². The molecule has 2 aromatic carbocycles. The second-order valence-electron chi connectivity index (χ2n) is 6.24. The van der Waals surface area contributed by atoms with E-state index >= 15 is 0 Å². The first-order chi connectivity index (χ1) is 11.7. The van der Waals surface area contributed by atoms with E-state index in [2.05, 4.69) is 5.18 Å². The van der Waals surface area contributed by atoms with Crippen molar-refractivity contribution >= 4 is 26.4 Å². The molecule has 0 atom stereocenters. The zero-order valence-electron chi connectivity index (χ0n) is 14.1.